The summed E-state index contributed by atoms with van der Waals surface area (Å²) in [4.78, 5) is 43.5. The summed E-state index contributed by atoms with van der Waals surface area (Å²) in [6.07, 6.45) is 3.15. The zero-order chi connectivity index (χ0) is 34.2. The smallest absolute Gasteiger partial charge is 0.262 e. The second kappa shape index (κ2) is 13.1. The Morgan fingerprint density at radius 2 is 1.46 bits per heavy atom. The molecular formula is C41H46N2O5. The number of nitrogens with zero attached hydrogens (tertiary/aromatic N) is 1. The van der Waals surface area contributed by atoms with Crippen LogP contribution in [-0.4, -0.2) is 42.6 Å². The fourth-order valence-corrected chi connectivity index (χ4v) is 7.58. The van der Waals surface area contributed by atoms with Gasteiger partial charge in [0.1, 0.15) is 0 Å². The van der Waals surface area contributed by atoms with E-state index in [2.05, 4.69) is 62.2 Å². The fourth-order valence-electron chi connectivity index (χ4n) is 7.58. The molecule has 0 atom stereocenters. The van der Waals surface area contributed by atoms with E-state index >= 15 is 0 Å². The summed E-state index contributed by atoms with van der Waals surface area (Å²) in [6, 6.07) is 23.5. The maximum Gasteiger partial charge on any atom is 0.262 e. The number of carbonyl (C=O) groups is 3. The van der Waals surface area contributed by atoms with E-state index in [0.717, 1.165) is 52.9 Å². The number of ketones is 2. The average molecular weight is 647 g/mol. The average Bonchev–Trinajstić information content (AvgIpc) is 3.02. The first-order valence-corrected chi connectivity index (χ1v) is 16.9. The lowest BCUT2D eigenvalue weighted by Crippen LogP contribution is -2.45. The van der Waals surface area contributed by atoms with Gasteiger partial charge in [0, 0.05) is 53.5 Å². The molecule has 0 aromatic heterocycles. The van der Waals surface area contributed by atoms with Crippen LogP contribution in [0.15, 0.2) is 95.3 Å². The van der Waals surface area contributed by atoms with Crippen LogP contribution < -0.4 is 14.8 Å². The van der Waals surface area contributed by atoms with Crippen molar-refractivity contribution in [3.63, 3.8) is 0 Å². The van der Waals surface area contributed by atoms with E-state index < -0.39 is 5.92 Å². The molecule has 0 fully saturated rings. The number of methoxy groups -OCH3 is 1. The number of amides is 1. The molecule has 0 unspecified atom stereocenters. The molecule has 0 spiro atoms. The van der Waals surface area contributed by atoms with Crippen LogP contribution in [0.5, 0.6) is 11.5 Å². The Balaban J connectivity index is 1.37. The number of allylic oxidation sites excluding steroid dienone is 4. The normalized spacial score (nSPS) is 18.8. The summed E-state index contributed by atoms with van der Waals surface area (Å²) in [7, 11) is 1.56. The zero-order valence-electron chi connectivity index (χ0n) is 28.9. The predicted molar refractivity (Wildman–Crippen MR) is 188 cm³/mol. The van der Waals surface area contributed by atoms with Crippen molar-refractivity contribution in [3.05, 3.63) is 112 Å². The lowest BCUT2D eigenvalue weighted by Gasteiger charge is -2.49. The minimum atomic E-state index is -0.497. The second-order valence-corrected chi connectivity index (χ2v) is 15.0. The van der Waals surface area contributed by atoms with Crippen molar-refractivity contribution < 1.29 is 23.9 Å². The number of Topliss-reactive ketones (excluding diaryl/α,β-unsaturated/α-hetero) is 2. The predicted octanol–water partition coefficient (Wildman–Crippen LogP) is 7.95. The van der Waals surface area contributed by atoms with Crippen LogP contribution in [-0.2, 0) is 20.8 Å². The number of nitrogens with one attached hydrogen (secondary N) is 1. The summed E-state index contributed by atoms with van der Waals surface area (Å²) in [6.45, 7) is 11.1. The van der Waals surface area contributed by atoms with Gasteiger partial charge in [-0.05, 0) is 78.0 Å². The van der Waals surface area contributed by atoms with E-state index in [1.807, 2.05) is 49.4 Å². The molecule has 0 saturated carbocycles. The summed E-state index contributed by atoms with van der Waals surface area (Å²) in [5.74, 6) is 0.252. The summed E-state index contributed by atoms with van der Waals surface area (Å²) in [5, 5.41) is 2.87. The second-order valence-electron chi connectivity index (χ2n) is 15.0. The third kappa shape index (κ3) is 6.96. The van der Waals surface area contributed by atoms with Crippen molar-refractivity contribution in [2.45, 2.75) is 72.6 Å². The van der Waals surface area contributed by atoms with Crippen LogP contribution in [0.2, 0.25) is 0 Å². The van der Waals surface area contributed by atoms with Crippen molar-refractivity contribution in [3.8, 4) is 11.5 Å². The van der Waals surface area contributed by atoms with Gasteiger partial charge in [-0.2, -0.15) is 0 Å². The minimum Gasteiger partial charge on any atom is -0.493 e. The number of ether oxygens (including phenoxy) is 2. The molecular weight excluding hydrogens is 600 g/mol. The van der Waals surface area contributed by atoms with Gasteiger partial charge in [0.15, 0.2) is 29.7 Å². The zero-order valence-corrected chi connectivity index (χ0v) is 28.9. The summed E-state index contributed by atoms with van der Waals surface area (Å²) in [5.41, 5.74) is 6.90. The van der Waals surface area contributed by atoms with E-state index in [1.165, 1.54) is 5.56 Å². The fraction of sp³-hybridized carbons (Fsp3) is 0.390. The van der Waals surface area contributed by atoms with Gasteiger partial charge in [-0.3, -0.25) is 14.4 Å². The quantitative estimate of drug-likeness (QED) is 0.254. The van der Waals surface area contributed by atoms with Gasteiger partial charge in [0.2, 0.25) is 0 Å². The van der Waals surface area contributed by atoms with Gasteiger partial charge in [-0.25, -0.2) is 0 Å². The van der Waals surface area contributed by atoms with E-state index in [-0.39, 0.29) is 34.9 Å². The van der Waals surface area contributed by atoms with Crippen molar-refractivity contribution in [2.75, 3.05) is 25.6 Å². The monoisotopic (exact) mass is 646 g/mol. The first kappa shape index (κ1) is 33.3. The molecule has 250 valence electrons. The van der Waals surface area contributed by atoms with Gasteiger partial charge >= 0.3 is 0 Å². The molecule has 1 aliphatic heterocycles. The van der Waals surface area contributed by atoms with Gasteiger partial charge in [0.25, 0.3) is 5.91 Å². The first-order chi connectivity index (χ1) is 22.8. The molecule has 1 heterocycles. The van der Waals surface area contributed by atoms with Gasteiger partial charge in [-0.15, -0.1) is 0 Å². The molecule has 7 heteroatoms. The number of carbonyl (C=O) groups excluding carboxylic acids is 3. The first-order valence-electron chi connectivity index (χ1n) is 16.9. The number of hydrogen-bond donors (Lipinski definition) is 1. The van der Waals surface area contributed by atoms with Crippen LogP contribution in [0.3, 0.4) is 0 Å². The van der Waals surface area contributed by atoms with Crippen LogP contribution >= 0.6 is 0 Å². The van der Waals surface area contributed by atoms with E-state index in [1.54, 1.807) is 13.2 Å². The Morgan fingerprint density at radius 1 is 0.812 bits per heavy atom. The molecule has 3 aliphatic rings. The minimum absolute atomic E-state index is 0.0901. The number of aryl methyl sites for hydroxylation is 1. The standard InChI is InChI=1S/C41H46N2O5/c1-26-11-10-14-29(19-26)42-36(46)25-48-34-16-15-28(20-35(34)47-6)37-38-30(21-40(2,3)23-32(38)44)43(18-17-27-12-8-7-9-13-27)31-22-41(4,5)24-33(45)39(31)37/h7-16,19-20,37H,17-18,21-25H2,1-6H3,(H,42,46). The van der Waals surface area contributed by atoms with Crippen LogP contribution in [0.4, 0.5) is 5.69 Å². The van der Waals surface area contributed by atoms with E-state index in [0.29, 0.717) is 36.6 Å². The largest absolute Gasteiger partial charge is 0.493 e. The highest BCUT2D eigenvalue weighted by atomic mass is 16.5. The number of benzene rings is 3. The van der Waals surface area contributed by atoms with Crippen molar-refractivity contribution in [1.82, 2.24) is 4.90 Å². The molecule has 1 N–H and O–H groups in total. The van der Waals surface area contributed by atoms with E-state index in [9.17, 15) is 14.4 Å². The molecule has 6 rings (SSSR count). The lowest BCUT2D eigenvalue weighted by atomic mass is 9.63. The van der Waals surface area contributed by atoms with Crippen molar-refractivity contribution >= 4 is 23.2 Å². The Morgan fingerprint density at radius 3 is 2.06 bits per heavy atom. The van der Waals surface area contributed by atoms with Crippen LogP contribution in [0.25, 0.3) is 0 Å². The molecule has 3 aromatic carbocycles. The van der Waals surface area contributed by atoms with Gasteiger partial charge < -0.3 is 19.7 Å². The van der Waals surface area contributed by atoms with Crippen LogP contribution in [0, 0.1) is 17.8 Å². The molecule has 1 amide bonds. The Bertz CT molecular complexity index is 1760. The molecule has 7 nitrogen and oxygen atoms in total. The molecule has 48 heavy (non-hydrogen) atoms. The number of anilines is 1. The topological polar surface area (TPSA) is 84.9 Å². The number of hydrogen-bond acceptors (Lipinski definition) is 6. The van der Waals surface area contributed by atoms with Gasteiger partial charge in [-0.1, -0.05) is 76.2 Å². The van der Waals surface area contributed by atoms with Crippen LogP contribution in [0.1, 0.15) is 76.0 Å². The Hall–Kier alpha value is -4.65. The highest BCUT2D eigenvalue weighted by Crippen LogP contribution is 2.55. The van der Waals surface area contributed by atoms with Gasteiger partial charge in [0.05, 0.1) is 7.11 Å². The molecule has 0 bridgehead atoms. The lowest BCUT2D eigenvalue weighted by molar-refractivity contribution is -0.120. The SMILES string of the molecule is COc1cc(C2C3=C(CC(C)(C)CC3=O)N(CCc3ccccc3)C3=C2C(=O)CC(C)(C)C3)ccc1OCC(=O)Nc1cccc(C)c1. The summed E-state index contributed by atoms with van der Waals surface area (Å²) >= 11 is 0. The van der Waals surface area contributed by atoms with E-state index in [4.69, 9.17) is 9.47 Å². The maximum absolute atomic E-state index is 14.2. The third-order valence-corrected chi connectivity index (χ3v) is 9.67. The maximum atomic E-state index is 14.2. The molecule has 0 saturated heterocycles. The molecule has 0 radical (unpaired) electrons. The van der Waals surface area contributed by atoms with Crippen molar-refractivity contribution in [1.29, 1.82) is 0 Å². The molecule has 2 aliphatic carbocycles. The highest BCUT2D eigenvalue weighted by Gasteiger charge is 2.49. The third-order valence-electron chi connectivity index (χ3n) is 9.67. The Labute approximate surface area is 284 Å². The summed E-state index contributed by atoms with van der Waals surface area (Å²) < 4.78 is 11.7. The number of rotatable bonds is 9. The molecule has 3 aromatic rings. The van der Waals surface area contributed by atoms with Crippen molar-refractivity contribution in [2.24, 2.45) is 10.8 Å². The Kier molecular flexibility index (Phi) is 9.08. The highest BCUT2D eigenvalue weighted by molar-refractivity contribution is 6.07.